The number of para-hydroxylation sites is 1. The van der Waals surface area contributed by atoms with E-state index in [2.05, 4.69) is 20.6 Å². The minimum absolute atomic E-state index is 0.153. The lowest BCUT2D eigenvalue weighted by Gasteiger charge is -2.14. The summed E-state index contributed by atoms with van der Waals surface area (Å²) in [6, 6.07) is 18.0. The van der Waals surface area contributed by atoms with Crippen molar-refractivity contribution in [2.75, 3.05) is 24.7 Å². The topological polar surface area (TPSA) is 87.2 Å². The lowest BCUT2D eigenvalue weighted by atomic mass is 10.2. The van der Waals surface area contributed by atoms with Gasteiger partial charge in [0.15, 0.2) is 0 Å². The lowest BCUT2D eigenvalue weighted by Crippen LogP contribution is -2.22. The van der Waals surface area contributed by atoms with Gasteiger partial charge in [0.25, 0.3) is 0 Å². The van der Waals surface area contributed by atoms with Crippen molar-refractivity contribution in [3.8, 4) is 0 Å². The fraction of sp³-hybridized carbons (Fsp3) is 0.130. The van der Waals surface area contributed by atoms with Crippen LogP contribution in [0.3, 0.4) is 0 Å². The van der Waals surface area contributed by atoms with Gasteiger partial charge in [-0.2, -0.15) is 18.2 Å². The Morgan fingerprint density at radius 3 is 2.00 bits per heavy atom. The summed E-state index contributed by atoms with van der Waals surface area (Å²) in [4.78, 5) is 9.07. The zero-order valence-corrected chi connectivity index (χ0v) is 18.9. The van der Waals surface area contributed by atoms with Gasteiger partial charge in [0.2, 0.25) is 16.0 Å². The molecule has 7 nitrogen and oxygen atoms in total. The number of nitrogens with zero attached hydrogens (tertiary/aromatic N) is 3. The summed E-state index contributed by atoms with van der Waals surface area (Å²) in [5.74, 6) is 0.635. The van der Waals surface area contributed by atoms with Gasteiger partial charge in [0, 0.05) is 30.9 Å². The van der Waals surface area contributed by atoms with Crippen molar-refractivity contribution in [2.45, 2.75) is 11.1 Å². The van der Waals surface area contributed by atoms with Gasteiger partial charge in [-0.3, -0.25) is 0 Å². The quantitative estimate of drug-likeness (QED) is 0.379. The van der Waals surface area contributed by atoms with Crippen LogP contribution in [-0.2, 0) is 16.2 Å². The molecule has 176 valence electrons. The molecule has 4 aromatic rings. The molecule has 0 amide bonds. The summed E-state index contributed by atoms with van der Waals surface area (Å²) >= 11 is 0. The van der Waals surface area contributed by atoms with Gasteiger partial charge in [-0.15, -0.1) is 0 Å². The maximum absolute atomic E-state index is 12.8. The van der Waals surface area contributed by atoms with E-state index in [4.69, 9.17) is 0 Å². The fourth-order valence-electron chi connectivity index (χ4n) is 3.16. The van der Waals surface area contributed by atoms with Crippen molar-refractivity contribution in [1.29, 1.82) is 0 Å². The van der Waals surface area contributed by atoms with Gasteiger partial charge in [-0.1, -0.05) is 12.1 Å². The van der Waals surface area contributed by atoms with Gasteiger partial charge in [-0.25, -0.2) is 17.7 Å². The second kappa shape index (κ2) is 8.92. The molecule has 0 unspecified atom stereocenters. The van der Waals surface area contributed by atoms with Crippen molar-refractivity contribution in [3.05, 3.63) is 78.4 Å². The predicted molar refractivity (Wildman–Crippen MR) is 125 cm³/mol. The minimum atomic E-state index is -4.42. The van der Waals surface area contributed by atoms with Crippen LogP contribution in [0.2, 0.25) is 0 Å². The van der Waals surface area contributed by atoms with Crippen LogP contribution in [-0.4, -0.2) is 36.8 Å². The maximum atomic E-state index is 12.8. The molecule has 34 heavy (non-hydrogen) atoms. The van der Waals surface area contributed by atoms with Gasteiger partial charge >= 0.3 is 6.18 Å². The zero-order valence-electron chi connectivity index (χ0n) is 18.1. The molecular formula is C23H20F3N5O2S. The summed E-state index contributed by atoms with van der Waals surface area (Å²) < 4.78 is 64.2. The number of sulfonamides is 1. The zero-order chi connectivity index (χ0) is 24.5. The van der Waals surface area contributed by atoms with E-state index in [1.54, 1.807) is 18.2 Å². The van der Waals surface area contributed by atoms with Crippen LogP contribution < -0.4 is 10.6 Å². The summed E-state index contributed by atoms with van der Waals surface area (Å²) in [5.41, 5.74) is 0.857. The highest BCUT2D eigenvalue weighted by molar-refractivity contribution is 7.89. The molecule has 0 aliphatic rings. The first-order valence-electron chi connectivity index (χ1n) is 10.0. The number of halogens is 3. The van der Waals surface area contributed by atoms with E-state index in [1.165, 1.54) is 38.4 Å². The van der Waals surface area contributed by atoms with Crippen molar-refractivity contribution in [3.63, 3.8) is 0 Å². The van der Waals surface area contributed by atoms with Gasteiger partial charge < -0.3 is 10.6 Å². The first kappa shape index (κ1) is 23.5. The van der Waals surface area contributed by atoms with Crippen molar-refractivity contribution >= 4 is 44.1 Å². The van der Waals surface area contributed by atoms with Crippen molar-refractivity contribution < 1.29 is 21.6 Å². The average Bonchev–Trinajstić information content (AvgIpc) is 2.79. The third kappa shape index (κ3) is 4.95. The summed E-state index contributed by atoms with van der Waals surface area (Å²) in [6.07, 6.45) is -4.42. The number of fused-ring (bicyclic) bond motifs is 1. The smallest absolute Gasteiger partial charge is 0.340 e. The fourth-order valence-corrected chi connectivity index (χ4v) is 4.06. The van der Waals surface area contributed by atoms with Crippen LogP contribution in [0, 0.1) is 0 Å². The molecule has 4 rings (SSSR count). The second-order valence-electron chi connectivity index (χ2n) is 7.55. The number of hydrogen-bond acceptors (Lipinski definition) is 6. The molecule has 0 radical (unpaired) electrons. The van der Waals surface area contributed by atoms with Crippen LogP contribution in [0.1, 0.15) is 5.56 Å². The van der Waals surface area contributed by atoms with Crippen LogP contribution in [0.5, 0.6) is 0 Å². The molecule has 0 atom stereocenters. The van der Waals surface area contributed by atoms with E-state index in [1.807, 2.05) is 18.2 Å². The molecule has 0 spiro atoms. The molecule has 0 aliphatic carbocycles. The molecular weight excluding hydrogens is 467 g/mol. The van der Waals surface area contributed by atoms with E-state index >= 15 is 0 Å². The highest BCUT2D eigenvalue weighted by Crippen LogP contribution is 2.31. The Hall–Kier alpha value is -3.70. The van der Waals surface area contributed by atoms with Crippen LogP contribution in [0.4, 0.5) is 36.3 Å². The minimum Gasteiger partial charge on any atom is -0.340 e. The number of rotatable bonds is 6. The maximum Gasteiger partial charge on any atom is 0.416 e. The number of benzene rings is 3. The Kier molecular flexibility index (Phi) is 6.15. The first-order valence-corrected chi connectivity index (χ1v) is 11.5. The Labute approximate surface area is 194 Å². The predicted octanol–water partition coefficient (Wildman–Crippen LogP) is 5.39. The van der Waals surface area contributed by atoms with E-state index in [9.17, 15) is 21.6 Å². The molecule has 0 saturated heterocycles. The highest BCUT2D eigenvalue weighted by atomic mass is 32.2. The average molecular weight is 488 g/mol. The van der Waals surface area contributed by atoms with Gasteiger partial charge in [0.1, 0.15) is 5.82 Å². The normalized spacial score (nSPS) is 12.2. The van der Waals surface area contributed by atoms with Gasteiger partial charge in [-0.05, 0) is 60.7 Å². The summed E-state index contributed by atoms with van der Waals surface area (Å²) in [6.45, 7) is 0. The first-order chi connectivity index (χ1) is 16.0. The Morgan fingerprint density at radius 1 is 0.794 bits per heavy atom. The number of aromatic nitrogens is 2. The third-order valence-corrected chi connectivity index (χ3v) is 6.80. The molecule has 2 N–H and O–H groups in total. The Morgan fingerprint density at radius 2 is 1.38 bits per heavy atom. The van der Waals surface area contributed by atoms with E-state index in [0.717, 1.165) is 16.4 Å². The van der Waals surface area contributed by atoms with Gasteiger partial charge in [0.05, 0.1) is 16.0 Å². The standard InChI is InChI=1S/C23H20F3N5O2S/c1-31(2)34(32,33)18-13-11-16(12-14-18)27-21-19-5-3-4-6-20(19)29-22(30-21)28-17-9-7-15(8-10-17)23(24,25)26/h3-14H,1-2H3,(H2,27,28,29,30). The summed E-state index contributed by atoms with van der Waals surface area (Å²) in [5, 5.41) is 6.80. The van der Waals surface area contributed by atoms with Crippen LogP contribution >= 0.6 is 0 Å². The molecule has 0 fully saturated rings. The number of nitrogens with one attached hydrogen (secondary N) is 2. The molecule has 1 aromatic heterocycles. The third-order valence-electron chi connectivity index (χ3n) is 4.97. The molecule has 11 heteroatoms. The van der Waals surface area contributed by atoms with Crippen LogP contribution in [0.25, 0.3) is 10.9 Å². The Bertz CT molecular complexity index is 1420. The highest BCUT2D eigenvalue weighted by Gasteiger charge is 2.30. The number of anilines is 4. The summed E-state index contributed by atoms with van der Waals surface area (Å²) in [7, 11) is -0.639. The number of alkyl halides is 3. The SMILES string of the molecule is CN(C)S(=O)(=O)c1ccc(Nc2nc(Nc3ccc(C(F)(F)F)cc3)nc3ccccc23)cc1. The largest absolute Gasteiger partial charge is 0.416 e. The molecule has 0 bridgehead atoms. The van der Waals surface area contributed by atoms with Crippen molar-refractivity contribution in [1.82, 2.24) is 14.3 Å². The monoisotopic (exact) mass is 487 g/mol. The molecule has 0 saturated carbocycles. The van der Waals surface area contributed by atoms with E-state index in [-0.39, 0.29) is 10.8 Å². The van der Waals surface area contributed by atoms with Crippen molar-refractivity contribution in [2.24, 2.45) is 0 Å². The second-order valence-corrected chi connectivity index (χ2v) is 9.70. The lowest BCUT2D eigenvalue weighted by molar-refractivity contribution is -0.137. The molecule has 1 heterocycles. The van der Waals surface area contributed by atoms with E-state index < -0.39 is 21.8 Å². The number of hydrogen-bond donors (Lipinski definition) is 2. The molecule has 3 aromatic carbocycles. The van der Waals surface area contributed by atoms with E-state index in [0.29, 0.717) is 28.1 Å². The Balaban J connectivity index is 1.64. The van der Waals surface area contributed by atoms with Crippen LogP contribution in [0.15, 0.2) is 77.7 Å². The molecule has 0 aliphatic heterocycles.